The molecule has 1 heterocycles. The normalized spacial score (nSPS) is 19.5. The number of carbonyl (C=O) groups is 1. The van der Waals surface area contributed by atoms with Gasteiger partial charge in [-0.05, 0) is 36.5 Å². The van der Waals surface area contributed by atoms with Crippen molar-refractivity contribution in [3.05, 3.63) is 34.6 Å². The molecule has 1 saturated heterocycles. The number of piperidine rings is 1. The predicted octanol–water partition coefficient (Wildman–Crippen LogP) is 1.81. The Kier molecular flexibility index (Phi) is 6.00. The van der Waals surface area contributed by atoms with Gasteiger partial charge in [-0.2, -0.15) is 0 Å². The van der Waals surface area contributed by atoms with E-state index in [1.807, 2.05) is 0 Å². The van der Waals surface area contributed by atoms with Crippen LogP contribution in [-0.2, 0) is 21.2 Å². The van der Waals surface area contributed by atoms with Gasteiger partial charge in [-0.15, -0.1) is 0 Å². The first-order chi connectivity index (χ1) is 10.8. The van der Waals surface area contributed by atoms with Crippen molar-refractivity contribution in [1.82, 2.24) is 9.62 Å². The second-order valence-corrected chi connectivity index (χ2v) is 8.24. The molecule has 2 rings (SSSR count). The molecule has 1 N–H and O–H groups in total. The van der Waals surface area contributed by atoms with E-state index in [1.54, 1.807) is 0 Å². The van der Waals surface area contributed by atoms with Gasteiger partial charge in [0, 0.05) is 24.7 Å². The maximum atomic E-state index is 13.0. The molecule has 5 nitrogen and oxygen atoms in total. The molecule has 1 aliphatic heterocycles. The van der Waals surface area contributed by atoms with Crippen LogP contribution in [0.4, 0.5) is 4.39 Å². The number of rotatable bonds is 5. The number of hydrogen-bond acceptors (Lipinski definition) is 3. The summed E-state index contributed by atoms with van der Waals surface area (Å²) in [6.07, 6.45) is 2.94. The number of hydrogen-bond donors (Lipinski definition) is 1. The van der Waals surface area contributed by atoms with Crippen LogP contribution in [0, 0.1) is 11.7 Å². The molecule has 23 heavy (non-hydrogen) atoms. The summed E-state index contributed by atoms with van der Waals surface area (Å²) in [5, 5.41) is 3.03. The third-order valence-corrected chi connectivity index (χ3v) is 5.53. The largest absolute Gasteiger partial charge is 0.355 e. The van der Waals surface area contributed by atoms with E-state index in [-0.39, 0.29) is 23.3 Å². The lowest BCUT2D eigenvalue weighted by Crippen LogP contribution is -2.43. The van der Waals surface area contributed by atoms with Gasteiger partial charge >= 0.3 is 0 Å². The number of halogens is 2. The van der Waals surface area contributed by atoms with Crippen molar-refractivity contribution < 1.29 is 17.6 Å². The quantitative estimate of drug-likeness (QED) is 0.868. The number of nitrogens with zero attached hydrogens (tertiary/aromatic N) is 1. The topological polar surface area (TPSA) is 66.5 Å². The molecule has 1 fully saturated rings. The van der Waals surface area contributed by atoms with Crippen LogP contribution in [-0.4, -0.2) is 44.5 Å². The second-order valence-electron chi connectivity index (χ2n) is 5.85. The van der Waals surface area contributed by atoms with E-state index in [1.165, 1.54) is 28.8 Å². The standard InChI is InChI=1S/C15H20ClFN2O3S/c1-23(21,22)19-6-2-3-11(10-19)9-18-15(20)7-12-4-5-13(17)8-14(12)16/h4-5,8,11H,2-3,6-7,9-10H2,1H3,(H,18,20)/t11-/m0/s1. The van der Waals surface area contributed by atoms with Crippen LogP contribution in [0.2, 0.25) is 5.02 Å². The summed E-state index contributed by atoms with van der Waals surface area (Å²) in [5.74, 6) is -0.552. The Morgan fingerprint density at radius 3 is 2.87 bits per heavy atom. The Bertz CT molecular complexity index is 681. The number of carbonyl (C=O) groups excluding carboxylic acids is 1. The molecule has 0 radical (unpaired) electrons. The summed E-state index contributed by atoms with van der Waals surface area (Å²) in [7, 11) is -3.19. The third-order valence-electron chi connectivity index (χ3n) is 3.90. The van der Waals surface area contributed by atoms with Crippen LogP contribution in [0.3, 0.4) is 0 Å². The maximum Gasteiger partial charge on any atom is 0.224 e. The Balaban J connectivity index is 1.84. The highest BCUT2D eigenvalue weighted by molar-refractivity contribution is 7.88. The van der Waals surface area contributed by atoms with E-state index in [0.29, 0.717) is 25.2 Å². The number of benzene rings is 1. The van der Waals surface area contributed by atoms with Gasteiger partial charge in [-0.25, -0.2) is 17.1 Å². The van der Waals surface area contributed by atoms with Crippen LogP contribution in [0.15, 0.2) is 18.2 Å². The minimum absolute atomic E-state index is 0.0711. The summed E-state index contributed by atoms with van der Waals surface area (Å²) in [4.78, 5) is 12.0. The molecule has 1 aromatic rings. The summed E-state index contributed by atoms with van der Waals surface area (Å²) < 4.78 is 37.6. The van der Waals surface area contributed by atoms with Gasteiger partial charge in [-0.3, -0.25) is 4.79 Å². The van der Waals surface area contributed by atoms with Crippen molar-refractivity contribution in [1.29, 1.82) is 0 Å². The van der Waals surface area contributed by atoms with E-state index in [0.717, 1.165) is 12.8 Å². The zero-order chi connectivity index (χ0) is 17.0. The highest BCUT2D eigenvalue weighted by atomic mass is 35.5. The van der Waals surface area contributed by atoms with Crippen molar-refractivity contribution in [2.75, 3.05) is 25.9 Å². The Labute approximate surface area is 140 Å². The van der Waals surface area contributed by atoms with Gasteiger partial charge in [0.2, 0.25) is 15.9 Å². The molecule has 0 spiro atoms. The molecule has 1 amide bonds. The Morgan fingerprint density at radius 1 is 1.48 bits per heavy atom. The lowest BCUT2D eigenvalue weighted by Gasteiger charge is -2.31. The smallest absolute Gasteiger partial charge is 0.224 e. The van der Waals surface area contributed by atoms with Gasteiger partial charge < -0.3 is 5.32 Å². The van der Waals surface area contributed by atoms with Gasteiger partial charge in [0.05, 0.1) is 12.7 Å². The fourth-order valence-corrected chi connectivity index (χ4v) is 3.83. The van der Waals surface area contributed by atoms with Crippen LogP contribution in [0.5, 0.6) is 0 Å². The molecule has 1 atom stereocenters. The monoisotopic (exact) mass is 362 g/mol. The van der Waals surface area contributed by atoms with Crippen LogP contribution in [0.25, 0.3) is 0 Å². The summed E-state index contributed by atoms with van der Waals surface area (Å²) in [6.45, 7) is 1.38. The van der Waals surface area contributed by atoms with E-state index in [2.05, 4.69) is 5.32 Å². The van der Waals surface area contributed by atoms with E-state index in [4.69, 9.17) is 11.6 Å². The lowest BCUT2D eigenvalue weighted by molar-refractivity contribution is -0.120. The molecular weight excluding hydrogens is 343 g/mol. The highest BCUT2D eigenvalue weighted by Gasteiger charge is 2.26. The summed E-state index contributed by atoms with van der Waals surface area (Å²) in [5.41, 5.74) is 0.562. The summed E-state index contributed by atoms with van der Waals surface area (Å²) >= 11 is 5.90. The van der Waals surface area contributed by atoms with Gasteiger partial charge in [-0.1, -0.05) is 17.7 Å². The zero-order valence-corrected chi connectivity index (χ0v) is 14.5. The molecule has 8 heteroatoms. The number of amides is 1. The van der Waals surface area contributed by atoms with Crippen molar-refractivity contribution in [2.24, 2.45) is 5.92 Å². The Hall–Kier alpha value is -1.18. The lowest BCUT2D eigenvalue weighted by atomic mass is 9.99. The van der Waals surface area contributed by atoms with Crippen LogP contribution >= 0.6 is 11.6 Å². The Morgan fingerprint density at radius 2 is 2.22 bits per heavy atom. The van der Waals surface area contributed by atoms with Gasteiger partial charge in [0.15, 0.2) is 0 Å². The average molecular weight is 363 g/mol. The first kappa shape index (κ1) is 18.2. The van der Waals surface area contributed by atoms with Crippen molar-refractivity contribution >= 4 is 27.5 Å². The van der Waals surface area contributed by atoms with Gasteiger partial charge in [0.25, 0.3) is 0 Å². The third kappa shape index (κ3) is 5.44. The van der Waals surface area contributed by atoms with E-state index < -0.39 is 15.8 Å². The van der Waals surface area contributed by atoms with Crippen LogP contribution < -0.4 is 5.32 Å². The molecule has 0 unspecified atom stereocenters. The molecule has 0 saturated carbocycles. The average Bonchev–Trinajstić information content (AvgIpc) is 2.47. The molecule has 0 bridgehead atoms. The number of nitrogens with one attached hydrogen (secondary N) is 1. The first-order valence-corrected chi connectivity index (χ1v) is 9.64. The predicted molar refractivity (Wildman–Crippen MR) is 87.3 cm³/mol. The fourth-order valence-electron chi connectivity index (χ4n) is 2.65. The van der Waals surface area contributed by atoms with E-state index >= 15 is 0 Å². The highest BCUT2D eigenvalue weighted by Crippen LogP contribution is 2.19. The van der Waals surface area contributed by atoms with Crippen molar-refractivity contribution in [2.45, 2.75) is 19.3 Å². The van der Waals surface area contributed by atoms with Crippen molar-refractivity contribution in [3.63, 3.8) is 0 Å². The van der Waals surface area contributed by atoms with Crippen LogP contribution in [0.1, 0.15) is 18.4 Å². The first-order valence-electron chi connectivity index (χ1n) is 7.41. The molecule has 0 aliphatic carbocycles. The SMILES string of the molecule is CS(=O)(=O)N1CCC[C@@H](CNC(=O)Cc2ccc(F)cc2Cl)C1. The maximum absolute atomic E-state index is 13.0. The van der Waals surface area contributed by atoms with Gasteiger partial charge in [0.1, 0.15) is 5.82 Å². The summed E-state index contributed by atoms with van der Waals surface area (Å²) in [6, 6.07) is 3.93. The fraction of sp³-hybridized carbons (Fsp3) is 0.533. The van der Waals surface area contributed by atoms with Crippen molar-refractivity contribution in [3.8, 4) is 0 Å². The molecular formula is C15H20ClFN2O3S. The molecule has 0 aromatic heterocycles. The minimum atomic E-state index is -3.19. The molecule has 1 aromatic carbocycles. The molecule has 128 valence electrons. The molecule has 1 aliphatic rings. The van der Waals surface area contributed by atoms with E-state index in [9.17, 15) is 17.6 Å². The zero-order valence-electron chi connectivity index (χ0n) is 12.9. The minimum Gasteiger partial charge on any atom is -0.355 e. The second kappa shape index (κ2) is 7.59. The number of sulfonamides is 1.